The van der Waals surface area contributed by atoms with Crippen molar-refractivity contribution in [1.29, 1.82) is 0 Å². The van der Waals surface area contributed by atoms with Crippen LogP contribution in [0.25, 0.3) is 0 Å². The zero-order chi connectivity index (χ0) is 19.8. The third kappa shape index (κ3) is 3.92. The number of pyridine rings is 1. The van der Waals surface area contributed by atoms with Gasteiger partial charge >= 0.3 is 0 Å². The lowest BCUT2D eigenvalue weighted by atomic mass is 9.82. The van der Waals surface area contributed by atoms with Crippen LogP contribution >= 0.6 is 11.3 Å². The monoisotopic (exact) mass is 398 g/mol. The molecule has 4 heteroatoms. The number of likely N-dealkylation sites (tertiary alicyclic amines) is 1. The van der Waals surface area contributed by atoms with Gasteiger partial charge in [-0.3, -0.25) is 9.88 Å². The van der Waals surface area contributed by atoms with Crippen molar-refractivity contribution in [3.8, 4) is 0 Å². The molecule has 0 spiro atoms. The summed E-state index contributed by atoms with van der Waals surface area (Å²) in [7, 11) is 0. The predicted octanol–water partition coefficient (Wildman–Crippen LogP) is 5.42. The van der Waals surface area contributed by atoms with Crippen molar-refractivity contribution in [3.05, 3.63) is 51.0 Å². The molecule has 2 aromatic heterocycles. The van der Waals surface area contributed by atoms with Crippen molar-refractivity contribution in [2.75, 3.05) is 26.3 Å². The Morgan fingerprint density at radius 1 is 1.18 bits per heavy atom. The van der Waals surface area contributed by atoms with Gasteiger partial charge in [-0.05, 0) is 89.6 Å². The van der Waals surface area contributed by atoms with Gasteiger partial charge in [0, 0.05) is 45.8 Å². The van der Waals surface area contributed by atoms with Gasteiger partial charge in [0.1, 0.15) is 0 Å². The molecule has 0 N–H and O–H groups in total. The highest BCUT2D eigenvalue weighted by Crippen LogP contribution is 2.54. The third-order valence-corrected chi connectivity index (χ3v) is 7.90. The van der Waals surface area contributed by atoms with Gasteiger partial charge in [-0.2, -0.15) is 0 Å². The Morgan fingerprint density at radius 3 is 2.61 bits per heavy atom. The Kier molecular flexibility index (Phi) is 5.65. The van der Waals surface area contributed by atoms with E-state index in [4.69, 9.17) is 4.74 Å². The number of ether oxygens (including phenoxy) is 1. The minimum absolute atomic E-state index is 0.240. The van der Waals surface area contributed by atoms with E-state index in [1.807, 2.05) is 11.3 Å². The molecular formula is C24H34N2OS. The van der Waals surface area contributed by atoms with Crippen LogP contribution in [-0.2, 0) is 16.7 Å². The van der Waals surface area contributed by atoms with E-state index in [1.165, 1.54) is 54.0 Å². The maximum atomic E-state index is 6.01. The van der Waals surface area contributed by atoms with E-state index in [2.05, 4.69) is 62.0 Å². The summed E-state index contributed by atoms with van der Waals surface area (Å²) in [6.45, 7) is 12.7. The predicted molar refractivity (Wildman–Crippen MR) is 117 cm³/mol. The average molecular weight is 399 g/mol. The van der Waals surface area contributed by atoms with E-state index in [0.717, 1.165) is 25.5 Å². The topological polar surface area (TPSA) is 25.4 Å². The quantitative estimate of drug-likeness (QED) is 0.594. The first-order chi connectivity index (χ1) is 13.5. The van der Waals surface area contributed by atoms with Crippen molar-refractivity contribution in [2.24, 2.45) is 5.41 Å². The van der Waals surface area contributed by atoms with Crippen LogP contribution in [0.15, 0.2) is 24.4 Å². The van der Waals surface area contributed by atoms with Crippen molar-refractivity contribution in [1.82, 2.24) is 9.88 Å². The zero-order valence-electron chi connectivity index (χ0n) is 17.9. The number of rotatable bonds is 8. The van der Waals surface area contributed by atoms with Crippen LogP contribution in [0.1, 0.15) is 59.2 Å². The molecule has 1 saturated heterocycles. The fourth-order valence-electron chi connectivity index (χ4n) is 4.99. The standard InChI is InChI=1S/C24H34N2OS/c1-5-27-17-23(9-8-21-14-19(3)28-20(21)4)12-13-26(16-23)24(10-11-24)22-7-6-18(2)25-15-22/h6-7,14-15H,5,8-13,16-17H2,1-4H3. The Labute approximate surface area is 174 Å². The Hall–Kier alpha value is -1.23. The van der Waals surface area contributed by atoms with Gasteiger partial charge in [0.05, 0.1) is 6.61 Å². The summed E-state index contributed by atoms with van der Waals surface area (Å²) in [5.41, 5.74) is 4.58. The fraction of sp³-hybridized carbons (Fsp3) is 0.625. The molecule has 1 aliphatic carbocycles. The van der Waals surface area contributed by atoms with Crippen LogP contribution in [0.4, 0.5) is 0 Å². The number of hydrogen-bond donors (Lipinski definition) is 0. The zero-order valence-corrected chi connectivity index (χ0v) is 18.7. The number of hydrogen-bond acceptors (Lipinski definition) is 4. The molecule has 3 heterocycles. The van der Waals surface area contributed by atoms with Gasteiger partial charge in [-0.25, -0.2) is 0 Å². The van der Waals surface area contributed by atoms with Gasteiger partial charge in [-0.15, -0.1) is 11.3 Å². The van der Waals surface area contributed by atoms with Gasteiger partial charge in [0.15, 0.2) is 0 Å². The van der Waals surface area contributed by atoms with Crippen LogP contribution < -0.4 is 0 Å². The normalized spacial score (nSPS) is 24.0. The summed E-state index contributed by atoms with van der Waals surface area (Å²) in [4.78, 5) is 10.3. The minimum Gasteiger partial charge on any atom is -0.381 e. The summed E-state index contributed by atoms with van der Waals surface area (Å²) < 4.78 is 6.01. The minimum atomic E-state index is 0.240. The maximum absolute atomic E-state index is 6.01. The molecular weight excluding hydrogens is 364 g/mol. The molecule has 0 amide bonds. The van der Waals surface area contributed by atoms with Gasteiger partial charge in [-0.1, -0.05) is 6.07 Å². The van der Waals surface area contributed by atoms with Crippen LogP contribution in [0, 0.1) is 26.2 Å². The lowest BCUT2D eigenvalue weighted by Gasteiger charge is -2.33. The fourth-order valence-corrected chi connectivity index (χ4v) is 5.97. The van der Waals surface area contributed by atoms with Crippen LogP contribution in [-0.4, -0.2) is 36.2 Å². The highest BCUT2D eigenvalue weighted by atomic mass is 32.1. The molecule has 2 aromatic rings. The highest BCUT2D eigenvalue weighted by Gasteiger charge is 2.54. The van der Waals surface area contributed by atoms with E-state index < -0.39 is 0 Å². The molecule has 1 aliphatic heterocycles. The molecule has 0 aromatic carbocycles. The number of aromatic nitrogens is 1. The van der Waals surface area contributed by atoms with E-state index in [-0.39, 0.29) is 11.0 Å². The first-order valence-electron chi connectivity index (χ1n) is 10.8. The Morgan fingerprint density at radius 2 is 2.00 bits per heavy atom. The molecule has 28 heavy (non-hydrogen) atoms. The molecule has 2 fully saturated rings. The second-order valence-corrected chi connectivity index (χ2v) is 10.4. The van der Waals surface area contributed by atoms with Gasteiger partial charge < -0.3 is 4.74 Å². The van der Waals surface area contributed by atoms with Crippen LogP contribution in [0.5, 0.6) is 0 Å². The molecule has 0 bridgehead atoms. The van der Waals surface area contributed by atoms with Crippen molar-refractivity contribution in [2.45, 2.75) is 65.3 Å². The summed E-state index contributed by atoms with van der Waals surface area (Å²) in [5, 5.41) is 0. The van der Waals surface area contributed by atoms with E-state index in [9.17, 15) is 0 Å². The van der Waals surface area contributed by atoms with Crippen LogP contribution in [0.3, 0.4) is 0 Å². The molecule has 3 nitrogen and oxygen atoms in total. The molecule has 152 valence electrons. The number of thiophene rings is 1. The van der Waals surface area contributed by atoms with Crippen molar-refractivity contribution < 1.29 is 4.74 Å². The lowest BCUT2D eigenvalue weighted by Crippen LogP contribution is -2.38. The molecule has 4 rings (SSSR count). The molecule has 1 saturated carbocycles. The second-order valence-electron chi connectivity index (χ2n) is 8.97. The summed E-state index contributed by atoms with van der Waals surface area (Å²) >= 11 is 1.93. The largest absolute Gasteiger partial charge is 0.381 e. The molecule has 1 atom stereocenters. The Bertz CT molecular complexity index is 809. The average Bonchev–Trinajstić information content (AvgIpc) is 3.27. The molecule has 2 aliphatic rings. The lowest BCUT2D eigenvalue weighted by molar-refractivity contribution is 0.0443. The maximum Gasteiger partial charge on any atom is 0.0535 e. The SMILES string of the molecule is CCOCC1(CCc2cc(C)sc2C)CCN(C2(c3ccc(C)nc3)CC2)C1. The van der Waals surface area contributed by atoms with Gasteiger partial charge in [0.2, 0.25) is 0 Å². The smallest absolute Gasteiger partial charge is 0.0535 e. The van der Waals surface area contributed by atoms with Crippen molar-refractivity contribution >= 4 is 11.3 Å². The summed E-state index contributed by atoms with van der Waals surface area (Å²) in [6.07, 6.45) is 8.30. The van der Waals surface area contributed by atoms with E-state index in [1.54, 1.807) is 5.56 Å². The summed E-state index contributed by atoms with van der Waals surface area (Å²) in [5.74, 6) is 0. The summed E-state index contributed by atoms with van der Waals surface area (Å²) in [6, 6.07) is 6.86. The Balaban J connectivity index is 1.49. The van der Waals surface area contributed by atoms with Crippen molar-refractivity contribution in [3.63, 3.8) is 0 Å². The first kappa shape index (κ1) is 20.1. The number of nitrogens with zero attached hydrogens (tertiary/aromatic N) is 2. The second kappa shape index (κ2) is 7.89. The van der Waals surface area contributed by atoms with Gasteiger partial charge in [0.25, 0.3) is 0 Å². The van der Waals surface area contributed by atoms with E-state index >= 15 is 0 Å². The molecule has 1 unspecified atom stereocenters. The first-order valence-corrected chi connectivity index (χ1v) is 11.6. The molecule has 0 radical (unpaired) electrons. The van der Waals surface area contributed by atoms with E-state index in [0.29, 0.717) is 0 Å². The van der Waals surface area contributed by atoms with Crippen LogP contribution in [0.2, 0.25) is 0 Å². The highest BCUT2D eigenvalue weighted by molar-refractivity contribution is 7.12. The third-order valence-electron chi connectivity index (χ3n) is 6.90. The number of aryl methyl sites for hydroxylation is 4.